The predicted molar refractivity (Wildman–Crippen MR) is 95.6 cm³/mol. The van der Waals surface area contributed by atoms with Crippen molar-refractivity contribution in [3.63, 3.8) is 0 Å². The van der Waals surface area contributed by atoms with Crippen LogP contribution in [0, 0.1) is 6.92 Å². The van der Waals surface area contributed by atoms with E-state index in [1.807, 2.05) is 0 Å². The van der Waals surface area contributed by atoms with Gasteiger partial charge < -0.3 is 28.8 Å². The summed E-state index contributed by atoms with van der Waals surface area (Å²) in [6, 6.07) is 6.13. The van der Waals surface area contributed by atoms with Crippen LogP contribution >= 0.6 is 0 Å². The van der Waals surface area contributed by atoms with Crippen molar-refractivity contribution >= 4 is 11.0 Å². The minimum Gasteiger partial charge on any atom is -0.508 e. The third-order valence-corrected chi connectivity index (χ3v) is 4.15. The Hall–Kier alpha value is -3.35. The largest absolute Gasteiger partial charge is 0.508 e. The number of hydrogen-bond acceptors (Lipinski definition) is 7. The highest BCUT2D eigenvalue weighted by Crippen LogP contribution is 2.46. The van der Waals surface area contributed by atoms with Gasteiger partial charge in [0.25, 0.3) is 0 Å². The summed E-state index contributed by atoms with van der Waals surface area (Å²) in [5, 5.41) is 20.0. The second-order valence-electron chi connectivity index (χ2n) is 5.58. The molecule has 0 saturated carbocycles. The van der Waals surface area contributed by atoms with Crippen LogP contribution in [0.4, 0.5) is 0 Å². The summed E-state index contributed by atoms with van der Waals surface area (Å²) in [4.78, 5) is 13.0. The fraction of sp³-hybridized carbons (Fsp3) is 0.211. The van der Waals surface area contributed by atoms with E-state index in [9.17, 15) is 15.0 Å². The summed E-state index contributed by atoms with van der Waals surface area (Å²) in [7, 11) is 4.14. The van der Waals surface area contributed by atoms with Crippen LogP contribution in [0.3, 0.4) is 0 Å². The second kappa shape index (κ2) is 6.51. The summed E-state index contributed by atoms with van der Waals surface area (Å²) in [6.45, 7) is 1.69. The van der Waals surface area contributed by atoms with Gasteiger partial charge in [-0.05, 0) is 31.2 Å². The lowest BCUT2D eigenvalue weighted by molar-refractivity contribution is 0.332. The van der Waals surface area contributed by atoms with Crippen molar-refractivity contribution in [2.45, 2.75) is 6.92 Å². The Bertz CT molecular complexity index is 1030. The van der Waals surface area contributed by atoms with E-state index in [2.05, 4.69) is 0 Å². The van der Waals surface area contributed by atoms with E-state index in [1.54, 1.807) is 19.1 Å². The fourth-order valence-electron chi connectivity index (χ4n) is 2.92. The van der Waals surface area contributed by atoms with Crippen molar-refractivity contribution < 1.29 is 28.8 Å². The van der Waals surface area contributed by atoms with Gasteiger partial charge in [-0.2, -0.15) is 0 Å². The van der Waals surface area contributed by atoms with Gasteiger partial charge in [-0.1, -0.05) is 0 Å². The maximum absolute atomic E-state index is 13.0. The average molecular weight is 358 g/mol. The van der Waals surface area contributed by atoms with Crippen molar-refractivity contribution in [3.8, 4) is 40.1 Å². The third kappa shape index (κ3) is 2.48. The summed E-state index contributed by atoms with van der Waals surface area (Å²) in [5.41, 5.74) is 0.650. The first-order valence-corrected chi connectivity index (χ1v) is 7.72. The molecule has 0 fully saturated rings. The van der Waals surface area contributed by atoms with E-state index in [1.165, 1.54) is 33.5 Å². The molecule has 7 nitrogen and oxygen atoms in total. The molecule has 7 heteroatoms. The Morgan fingerprint density at radius 2 is 1.46 bits per heavy atom. The highest BCUT2D eigenvalue weighted by Gasteiger charge is 2.26. The van der Waals surface area contributed by atoms with Crippen LogP contribution in [0.2, 0.25) is 0 Å². The van der Waals surface area contributed by atoms with Gasteiger partial charge >= 0.3 is 0 Å². The van der Waals surface area contributed by atoms with Crippen LogP contribution in [0.25, 0.3) is 22.3 Å². The van der Waals surface area contributed by atoms with E-state index in [4.69, 9.17) is 18.6 Å². The molecular formula is C19H18O7. The molecule has 0 bridgehead atoms. The number of ether oxygens (including phenoxy) is 3. The summed E-state index contributed by atoms with van der Waals surface area (Å²) >= 11 is 0. The zero-order chi connectivity index (χ0) is 19.0. The first-order valence-electron chi connectivity index (χ1n) is 7.72. The molecule has 0 saturated heterocycles. The number of hydrogen-bond donors (Lipinski definition) is 2. The highest BCUT2D eigenvalue weighted by molar-refractivity contribution is 5.94. The maximum atomic E-state index is 13.0. The molecule has 1 heterocycles. The topological polar surface area (TPSA) is 98.4 Å². The van der Waals surface area contributed by atoms with Crippen molar-refractivity contribution in [3.05, 3.63) is 40.1 Å². The number of phenols is 2. The van der Waals surface area contributed by atoms with Crippen LogP contribution in [0.1, 0.15) is 5.56 Å². The number of phenolic OH excluding ortho intramolecular Hbond substituents is 2. The Morgan fingerprint density at radius 1 is 0.885 bits per heavy atom. The van der Waals surface area contributed by atoms with Crippen molar-refractivity contribution in [2.75, 3.05) is 21.3 Å². The number of aromatic hydroxyl groups is 2. The zero-order valence-electron chi connectivity index (χ0n) is 14.7. The van der Waals surface area contributed by atoms with Gasteiger partial charge in [-0.3, -0.25) is 4.79 Å². The Morgan fingerprint density at radius 3 is 2.00 bits per heavy atom. The minimum atomic E-state index is -0.543. The number of fused-ring (bicyclic) bond motifs is 1. The molecule has 2 aromatic carbocycles. The third-order valence-electron chi connectivity index (χ3n) is 4.15. The molecule has 0 unspecified atom stereocenters. The number of rotatable bonds is 4. The quantitative estimate of drug-likeness (QED) is 0.739. The van der Waals surface area contributed by atoms with Gasteiger partial charge in [-0.15, -0.1) is 0 Å². The fourth-order valence-corrected chi connectivity index (χ4v) is 2.92. The smallest absolute Gasteiger partial charge is 0.239 e. The lowest BCUT2D eigenvalue weighted by Crippen LogP contribution is -2.09. The van der Waals surface area contributed by atoms with Crippen LogP contribution in [-0.4, -0.2) is 31.5 Å². The van der Waals surface area contributed by atoms with Crippen molar-refractivity contribution in [1.82, 2.24) is 0 Å². The average Bonchev–Trinajstić information content (AvgIpc) is 2.64. The van der Waals surface area contributed by atoms with Gasteiger partial charge in [0.1, 0.15) is 16.7 Å². The van der Waals surface area contributed by atoms with Crippen LogP contribution < -0.4 is 19.6 Å². The lowest BCUT2D eigenvalue weighted by Gasteiger charge is -2.16. The molecule has 3 aromatic rings. The zero-order valence-corrected chi connectivity index (χ0v) is 14.7. The van der Waals surface area contributed by atoms with Gasteiger partial charge in [0.2, 0.25) is 16.9 Å². The standard InChI is InChI=1S/C19H18O7/c1-9-15-12(13(21)18(24-3)16(9)23-2)14(22)19(25-4)17(26-15)10-5-7-11(20)8-6-10/h5-8,20-21H,1-4H3. The molecule has 3 rings (SSSR count). The highest BCUT2D eigenvalue weighted by atomic mass is 16.5. The van der Waals surface area contributed by atoms with Gasteiger partial charge in [0.15, 0.2) is 17.3 Å². The SMILES string of the molecule is COc1c(OC)c(O)c2c(=O)c(OC)c(-c3ccc(O)cc3)oc2c1C. The molecule has 2 N–H and O–H groups in total. The Kier molecular flexibility index (Phi) is 4.38. The van der Waals surface area contributed by atoms with Crippen LogP contribution in [-0.2, 0) is 0 Å². The summed E-state index contributed by atoms with van der Waals surface area (Å²) in [6.07, 6.45) is 0. The van der Waals surface area contributed by atoms with Crippen molar-refractivity contribution in [2.24, 2.45) is 0 Å². The molecular weight excluding hydrogens is 340 g/mol. The Labute approximate surface area is 149 Å². The number of benzene rings is 2. The van der Waals surface area contributed by atoms with Gasteiger partial charge in [0, 0.05) is 11.1 Å². The first-order chi connectivity index (χ1) is 12.4. The molecule has 0 aliphatic rings. The minimum absolute atomic E-state index is 0.0456. The van der Waals surface area contributed by atoms with Crippen molar-refractivity contribution in [1.29, 1.82) is 0 Å². The molecule has 0 aliphatic heterocycles. The molecule has 0 aliphatic carbocycles. The van der Waals surface area contributed by atoms with Crippen LogP contribution in [0.5, 0.6) is 28.7 Å². The van der Waals surface area contributed by atoms with Crippen LogP contribution in [0.15, 0.2) is 33.5 Å². The molecule has 0 atom stereocenters. The van der Waals surface area contributed by atoms with E-state index in [0.717, 1.165) is 0 Å². The molecule has 26 heavy (non-hydrogen) atoms. The normalized spacial score (nSPS) is 10.8. The predicted octanol–water partition coefficient (Wildman–Crippen LogP) is 3.21. The van der Waals surface area contributed by atoms with Gasteiger partial charge in [0.05, 0.1) is 21.3 Å². The molecule has 136 valence electrons. The summed E-state index contributed by atoms with van der Waals surface area (Å²) < 4.78 is 21.7. The second-order valence-corrected chi connectivity index (χ2v) is 5.58. The molecule has 0 amide bonds. The number of aryl methyl sites for hydroxylation is 1. The molecule has 0 spiro atoms. The van der Waals surface area contributed by atoms with E-state index in [0.29, 0.717) is 11.1 Å². The molecule has 0 radical (unpaired) electrons. The summed E-state index contributed by atoms with van der Waals surface area (Å²) in [5.74, 6) is 0.127. The monoisotopic (exact) mass is 358 g/mol. The lowest BCUT2D eigenvalue weighted by atomic mass is 10.1. The first kappa shape index (κ1) is 17.5. The Balaban J connectivity index is 2.48. The van der Waals surface area contributed by atoms with E-state index < -0.39 is 5.43 Å². The van der Waals surface area contributed by atoms with Gasteiger partial charge in [-0.25, -0.2) is 0 Å². The number of methoxy groups -OCH3 is 3. The maximum Gasteiger partial charge on any atom is 0.239 e. The van der Waals surface area contributed by atoms with E-state index in [-0.39, 0.29) is 45.5 Å². The molecule has 1 aromatic heterocycles. The van der Waals surface area contributed by atoms with E-state index >= 15 is 0 Å².